The Morgan fingerprint density at radius 1 is 1.27 bits per heavy atom. The molecule has 0 saturated carbocycles. The molecule has 0 heterocycles. The van der Waals surface area contributed by atoms with E-state index in [1.807, 2.05) is 38.1 Å². The van der Waals surface area contributed by atoms with Crippen LogP contribution in [0.3, 0.4) is 0 Å². The first kappa shape index (κ1) is 12.3. The van der Waals surface area contributed by atoms with Gasteiger partial charge in [0.25, 0.3) is 0 Å². The molecule has 0 aromatic heterocycles. The summed E-state index contributed by atoms with van der Waals surface area (Å²) in [6, 6.07) is 7.44. The average molecular weight is 227 g/mol. The highest BCUT2D eigenvalue weighted by Crippen LogP contribution is 2.49. The predicted molar refractivity (Wildman–Crippen MR) is 64.3 cm³/mol. The minimum Gasteiger partial charge on any atom is -0.399 e. The van der Waals surface area contributed by atoms with Crippen molar-refractivity contribution in [3.8, 4) is 0 Å². The van der Waals surface area contributed by atoms with E-state index in [-0.39, 0.29) is 0 Å². The molecule has 0 bridgehead atoms. The molecule has 84 valence electrons. The molecule has 0 radical (unpaired) electrons. The molecule has 3 nitrogen and oxygen atoms in total. The van der Waals surface area contributed by atoms with Gasteiger partial charge in [-0.2, -0.15) is 0 Å². The van der Waals surface area contributed by atoms with Crippen molar-refractivity contribution in [3.05, 3.63) is 29.8 Å². The Morgan fingerprint density at radius 3 is 2.33 bits per heavy atom. The van der Waals surface area contributed by atoms with Crippen LogP contribution in [0.5, 0.6) is 0 Å². The van der Waals surface area contributed by atoms with Gasteiger partial charge in [-0.1, -0.05) is 19.1 Å². The maximum Gasteiger partial charge on any atom is 0.207 e. The highest BCUT2D eigenvalue weighted by atomic mass is 31.2. The van der Waals surface area contributed by atoms with Crippen LogP contribution in [0, 0.1) is 0 Å². The van der Waals surface area contributed by atoms with Gasteiger partial charge in [-0.3, -0.25) is 4.57 Å². The Labute approximate surface area is 91.1 Å². The molecule has 15 heavy (non-hydrogen) atoms. The number of benzene rings is 1. The lowest BCUT2D eigenvalue weighted by Gasteiger charge is -2.15. The van der Waals surface area contributed by atoms with Gasteiger partial charge in [-0.15, -0.1) is 0 Å². The summed E-state index contributed by atoms with van der Waals surface area (Å²) in [6.45, 7) is 4.26. The first-order valence-corrected chi connectivity index (χ1v) is 7.16. The minimum absolute atomic E-state index is 0.498. The Balaban J connectivity index is 2.75. The molecule has 0 unspecified atom stereocenters. The van der Waals surface area contributed by atoms with Crippen molar-refractivity contribution in [2.24, 2.45) is 0 Å². The summed E-state index contributed by atoms with van der Waals surface area (Å²) in [7, 11) is -2.48. The summed E-state index contributed by atoms with van der Waals surface area (Å²) in [5.41, 5.74) is 7.32. The fourth-order valence-corrected chi connectivity index (χ4v) is 3.12. The molecule has 1 aromatic carbocycles. The molecule has 0 fully saturated rings. The number of rotatable bonds is 5. The molecule has 1 atom stereocenters. The Bertz CT molecular complexity index is 348. The smallest absolute Gasteiger partial charge is 0.207 e. The zero-order chi connectivity index (χ0) is 11.3. The summed E-state index contributed by atoms with van der Waals surface area (Å²) < 4.78 is 17.5. The maximum atomic E-state index is 12.2. The Morgan fingerprint density at radius 2 is 1.87 bits per heavy atom. The van der Waals surface area contributed by atoms with Gasteiger partial charge >= 0.3 is 0 Å². The fraction of sp³-hybridized carbons (Fsp3) is 0.455. The first-order chi connectivity index (χ1) is 7.09. The van der Waals surface area contributed by atoms with Crippen molar-refractivity contribution in [3.63, 3.8) is 0 Å². The van der Waals surface area contributed by atoms with Crippen LogP contribution in [0.25, 0.3) is 0 Å². The fourth-order valence-electron chi connectivity index (χ4n) is 1.39. The van der Waals surface area contributed by atoms with Gasteiger partial charge in [0.15, 0.2) is 0 Å². The van der Waals surface area contributed by atoms with Gasteiger partial charge in [0.1, 0.15) is 0 Å². The van der Waals surface area contributed by atoms with E-state index in [2.05, 4.69) is 0 Å². The number of nitrogen functional groups attached to an aromatic ring is 1. The molecule has 4 heteroatoms. The maximum absolute atomic E-state index is 12.2. The van der Waals surface area contributed by atoms with Gasteiger partial charge in [0, 0.05) is 18.0 Å². The third kappa shape index (κ3) is 3.69. The second-order valence-electron chi connectivity index (χ2n) is 3.45. The third-order valence-corrected chi connectivity index (χ3v) is 4.79. The van der Waals surface area contributed by atoms with Gasteiger partial charge < -0.3 is 10.3 Å². The molecule has 0 saturated heterocycles. The second kappa shape index (κ2) is 5.34. The number of nitrogens with two attached hydrogens (primary N) is 1. The van der Waals surface area contributed by atoms with Crippen molar-refractivity contribution < 1.29 is 9.09 Å². The van der Waals surface area contributed by atoms with Crippen molar-refractivity contribution in [1.29, 1.82) is 0 Å². The summed E-state index contributed by atoms with van der Waals surface area (Å²) >= 11 is 0. The van der Waals surface area contributed by atoms with Crippen LogP contribution in [0.1, 0.15) is 19.4 Å². The SMILES string of the molecule is CCO[P@](=O)(CC)Cc1ccc(N)cc1. The van der Waals surface area contributed by atoms with Gasteiger partial charge in [-0.25, -0.2) is 0 Å². The van der Waals surface area contributed by atoms with E-state index in [1.54, 1.807) is 0 Å². The molecule has 0 aliphatic heterocycles. The summed E-state index contributed by atoms with van der Waals surface area (Å²) in [6.07, 6.45) is 1.07. The van der Waals surface area contributed by atoms with E-state index < -0.39 is 7.37 Å². The molecular weight excluding hydrogens is 209 g/mol. The molecule has 0 aliphatic rings. The van der Waals surface area contributed by atoms with E-state index >= 15 is 0 Å². The van der Waals surface area contributed by atoms with E-state index in [9.17, 15) is 4.57 Å². The number of hydrogen-bond acceptors (Lipinski definition) is 3. The minimum atomic E-state index is -2.48. The van der Waals surface area contributed by atoms with Crippen LogP contribution in [-0.4, -0.2) is 12.8 Å². The lowest BCUT2D eigenvalue weighted by atomic mass is 10.2. The van der Waals surface area contributed by atoms with Crippen LogP contribution in [0.2, 0.25) is 0 Å². The lowest BCUT2D eigenvalue weighted by molar-refractivity contribution is 0.333. The summed E-state index contributed by atoms with van der Waals surface area (Å²) in [5, 5.41) is 0. The van der Waals surface area contributed by atoms with Crippen LogP contribution >= 0.6 is 7.37 Å². The topological polar surface area (TPSA) is 52.3 Å². The third-order valence-electron chi connectivity index (χ3n) is 2.25. The summed E-state index contributed by atoms with van der Waals surface area (Å²) in [4.78, 5) is 0. The predicted octanol–water partition coefficient (Wildman–Crippen LogP) is 3.10. The second-order valence-corrected chi connectivity index (χ2v) is 6.28. The lowest BCUT2D eigenvalue weighted by Crippen LogP contribution is -1.97. The zero-order valence-corrected chi connectivity index (χ0v) is 10.2. The van der Waals surface area contributed by atoms with Crippen molar-refractivity contribution in [2.45, 2.75) is 20.0 Å². The Kier molecular flexibility index (Phi) is 4.37. The molecule has 0 amide bonds. The molecule has 0 spiro atoms. The quantitative estimate of drug-likeness (QED) is 0.621. The number of hydrogen-bond donors (Lipinski definition) is 1. The van der Waals surface area contributed by atoms with E-state index in [4.69, 9.17) is 10.3 Å². The molecule has 1 rings (SSSR count). The normalized spacial score (nSPS) is 14.8. The molecule has 0 aliphatic carbocycles. The van der Waals surface area contributed by atoms with Crippen LogP contribution in [-0.2, 0) is 15.3 Å². The monoisotopic (exact) mass is 227 g/mol. The van der Waals surface area contributed by atoms with E-state index in [0.717, 1.165) is 11.3 Å². The number of anilines is 1. The van der Waals surface area contributed by atoms with Crippen molar-refractivity contribution in [2.75, 3.05) is 18.5 Å². The standard InChI is InChI=1S/C11H18NO2P/c1-3-14-15(13,4-2)9-10-5-7-11(12)8-6-10/h5-8H,3-4,9,12H2,1-2H3/t15-/m1/s1. The van der Waals surface area contributed by atoms with Crippen LogP contribution < -0.4 is 5.73 Å². The Hall–Kier alpha value is -0.790. The summed E-state index contributed by atoms with van der Waals surface area (Å²) in [5.74, 6) is 0. The van der Waals surface area contributed by atoms with Crippen molar-refractivity contribution >= 4 is 13.1 Å². The molecule has 1 aromatic rings. The molecule has 2 N–H and O–H groups in total. The van der Waals surface area contributed by atoms with Gasteiger partial charge in [-0.05, 0) is 24.6 Å². The van der Waals surface area contributed by atoms with Crippen LogP contribution in [0.15, 0.2) is 24.3 Å². The van der Waals surface area contributed by atoms with Gasteiger partial charge in [0.2, 0.25) is 7.37 Å². The van der Waals surface area contributed by atoms with Crippen molar-refractivity contribution in [1.82, 2.24) is 0 Å². The average Bonchev–Trinajstić information content (AvgIpc) is 2.22. The van der Waals surface area contributed by atoms with E-state index in [0.29, 0.717) is 18.9 Å². The zero-order valence-electron chi connectivity index (χ0n) is 9.27. The largest absolute Gasteiger partial charge is 0.399 e. The first-order valence-electron chi connectivity index (χ1n) is 5.16. The highest BCUT2D eigenvalue weighted by molar-refractivity contribution is 7.58. The highest BCUT2D eigenvalue weighted by Gasteiger charge is 2.20. The van der Waals surface area contributed by atoms with Gasteiger partial charge in [0.05, 0.1) is 6.61 Å². The van der Waals surface area contributed by atoms with Crippen LogP contribution in [0.4, 0.5) is 5.69 Å². The molecular formula is C11H18NO2P. The van der Waals surface area contributed by atoms with E-state index in [1.165, 1.54) is 0 Å².